The topological polar surface area (TPSA) is 141 Å². The predicted octanol–water partition coefficient (Wildman–Crippen LogP) is 2.55. The fraction of sp³-hybridized carbons (Fsp3) is 0.409. The minimum atomic E-state index is -3.45. The Balaban J connectivity index is 1.32. The van der Waals surface area contributed by atoms with Crippen molar-refractivity contribution in [3.05, 3.63) is 42.2 Å². The van der Waals surface area contributed by atoms with E-state index in [-0.39, 0.29) is 11.9 Å². The molecule has 6 rings (SSSR count). The molecule has 0 radical (unpaired) electrons. The van der Waals surface area contributed by atoms with E-state index in [1.807, 2.05) is 13.0 Å². The normalized spacial score (nSPS) is 20.1. The Morgan fingerprint density at radius 1 is 1.21 bits per heavy atom. The van der Waals surface area contributed by atoms with Gasteiger partial charge in [-0.25, -0.2) is 28.4 Å². The van der Waals surface area contributed by atoms with Gasteiger partial charge < -0.3 is 15.0 Å². The summed E-state index contributed by atoms with van der Waals surface area (Å²) in [5, 5.41) is 16.7. The molecular weight excluding hydrogens is 456 g/mol. The number of anilines is 2. The van der Waals surface area contributed by atoms with Crippen molar-refractivity contribution in [2.45, 2.75) is 51.0 Å². The predicted molar refractivity (Wildman–Crippen MR) is 125 cm³/mol. The molecule has 2 unspecified atom stereocenters. The zero-order valence-corrected chi connectivity index (χ0v) is 19.6. The highest BCUT2D eigenvalue weighted by molar-refractivity contribution is 7.90. The molecule has 4 heterocycles. The highest BCUT2D eigenvalue weighted by atomic mass is 32.2. The summed E-state index contributed by atoms with van der Waals surface area (Å²) in [7, 11) is -3.45. The van der Waals surface area contributed by atoms with Crippen LogP contribution in [0.5, 0.6) is 0 Å². The van der Waals surface area contributed by atoms with Gasteiger partial charge >= 0.3 is 0 Å². The van der Waals surface area contributed by atoms with Gasteiger partial charge in [-0.2, -0.15) is 9.19 Å². The highest BCUT2D eigenvalue weighted by Crippen LogP contribution is 2.45. The van der Waals surface area contributed by atoms with Crippen molar-refractivity contribution in [1.82, 2.24) is 33.7 Å². The molecule has 176 valence electrons. The van der Waals surface area contributed by atoms with Gasteiger partial charge in [0.25, 0.3) is 10.0 Å². The summed E-state index contributed by atoms with van der Waals surface area (Å²) in [4.78, 5) is 18.0. The number of aromatic nitrogens is 7. The van der Waals surface area contributed by atoms with Crippen LogP contribution in [0.25, 0.3) is 22.4 Å². The number of fused-ring (bicyclic) bond motifs is 1. The summed E-state index contributed by atoms with van der Waals surface area (Å²) >= 11 is 0. The summed E-state index contributed by atoms with van der Waals surface area (Å²) in [5.41, 5.74) is 2.97. The largest absolute Gasteiger partial charge is 0.388 e. The van der Waals surface area contributed by atoms with Gasteiger partial charge in [0.15, 0.2) is 5.82 Å². The molecule has 2 aliphatic rings. The summed E-state index contributed by atoms with van der Waals surface area (Å²) in [5.74, 6) is 2.66. The Morgan fingerprint density at radius 2 is 2.00 bits per heavy atom. The highest BCUT2D eigenvalue weighted by Gasteiger charge is 2.38. The molecule has 11 nitrogen and oxygen atoms in total. The van der Waals surface area contributed by atoms with Crippen LogP contribution in [0.15, 0.2) is 30.7 Å². The van der Waals surface area contributed by atoms with E-state index in [1.165, 1.54) is 12.4 Å². The van der Waals surface area contributed by atoms with Crippen LogP contribution in [-0.4, -0.2) is 52.5 Å². The number of hydrogen-bond acceptors (Lipinski definition) is 9. The Bertz CT molecular complexity index is 1520. The van der Waals surface area contributed by atoms with Crippen molar-refractivity contribution in [3.63, 3.8) is 0 Å². The maximum atomic E-state index is 12.4. The number of aliphatic hydroxyl groups excluding tert-OH is 1. The van der Waals surface area contributed by atoms with Crippen LogP contribution in [0.3, 0.4) is 0 Å². The molecule has 0 amide bonds. The fourth-order valence-electron chi connectivity index (χ4n) is 4.28. The molecule has 2 saturated carbocycles. The minimum Gasteiger partial charge on any atom is -0.388 e. The van der Waals surface area contributed by atoms with Gasteiger partial charge in [0.05, 0.1) is 34.4 Å². The lowest BCUT2D eigenvalue weighted by molar-refractivity contribution is 0.265. The van der Waals surface area contributed by atoms with Gasteiger partial charge in [-0.1, -0.05) is 6.92 Å². The first kappa shape index (κ1) is 21.2. The van der Waals surface area contributed by atoms with Crippen LogP contribution < -0.4 is 5.32 Å². The van der Waals surface area contributed by atoms with E-state index in [9.17, 15) is 13.5 Å². The lowest BCUT2D eigenvalue weighted by atomic mass is 10.3. The maximum absolute atomic E-state index is 12.4. The van der Waals surface area contributed by atoms with Gasteiger partial charge in [-0.3, -0.25) is 0 Å². The molecule has 4 aromatic heterocycles. The van der Waals surface area contributed by atoms with E-state index in [0.29, 0.717) is 53.6 Å². The van der Waals surface area contributed by atoms with Gasteiger partial charge in [0.1, 0.15) is 29.6 Å². The summed E-state index contributed by atoms with van der Waals surface area (Å²) < 4.78 is 28.0. The van der Waals surface area contributed by atoms with Crippen LogP contribution in [0.2, 0.25) is 0 Å². The molecule has 2 atom stereocenters. The average molecular weight is 481 g/mol. The van der Waals surface area contributed by atoms with Crippen molar-refractivity contribution in [3.8, 4) is 11.4 Å². The van der Waals surface area contributed by atoms with Crippen molar-refractivity contribution < 1.29 is 13.5 Å². The van der Waals surface area contributed by atoms with E-state index in [1.54, 1.807) is 12.3 Å². The van der Waals surface area contributed by atoms with Crippen LogP contribution in [0.4, 0.5) is 11.6 Å². The van der Waals surface area contributed by atoms with E-state index in [4.69, 9.17) is 0 Å². The standard InChI is InChI=1S/C22H24N8O3S/c1-12-7-16(12)30-17-8-19(25-13(2)21(17)28-20(30)11-31)26-18-5-6-23-22(27-18)14-9-24-29(10-14)34(32,33)15-3-4-15/h5-6,8-10,12,15-16,31H,3-4,7,11H2,1-2H3,(H,23,25,26,27). The lowest BCUT2D eigenvalue weighted by Gasteiger charge is -2.10. The Hall–Kier alpha value is -3.38. The molecule has 0 aliphatic heterocycles. The second-order valence-corrected chi connectivity index (χ2v) is 11.1. The van der Waals surface area contributed by atoms with Crippen molar-refractivity contribution in [1.29, 1.82) is 0 Å². The first-order valence-corrected chi connectivity index (χ1v) is 12.7. The zero-order valence-electron chi connectivity index (χ0n) is 18.7. The second kappa shape index (κ2) is 7.57. The number of nitrogens with one attached hydrogen (secondary N) is 1. The van der Waals surface area contributed by atoms with E-state index in [0.717, 1.165) is 27.2 Å². The van der Waals surface area contributed by atoms with Gasteiger partial charge in [0.2, 0.25) is 0 Å². The van der Waals surface area contributed by atoms with Crippen LogP contribution in [0.1, 0.15) is 43.7 Å². The SMILES string of the molecule is Cc1nc(Nc2ccnc(-c3cnn(S(=O)(=O)C4CC4)c3)n2)cc2c1nc(CO)n2C1CC1C. The third-order valence-corrected chi connectivity index (χ3v) is 8.44. The van der Waals surface area contributed by atoms with Gasteiger partial charge in [-0.05, 0) is 38.2 Å². The molecule has 2 fully saturated rings. The summed E-state index contributed by atoms with van der Waals surface area (Å²) in [6, 6.07) is 3.97. The number of rotatable bonds is 7. The lowest BCUT2D eigenvalue weighted by Crippen LogP contribution is -2.17. The summed E-state index contributed by atoms with van der Waals surface area (Å²) in [6.07, 6.45) is 6.90. The molecule has 0 aromatic carbocycles. The summed E-state index contributed by atoms with van der Waals surface area (Å²) in [6.45, 7) is 3.95. The Kier molecular flexibility index (Phi) is 4.71. The number of aliphatic hydroxyl groups is 1. The first-order valence-electron chi connectivity index (χ1n) is 11.2. The van der Waals surface area contributed by atoms with Crippen LogP contribution in [-0.2, 0) is 16.6 Å². The van der Waals surface area contributed by atoms with Crippen LogP contribution >= 0.6 is 0 Å². The minimum absolute atomic E-state index is 0.125. The molecule has 2 aliphatic carbocycles. The molecule has 34 heavy (non-hydrogen) atoms. The number of aryl methyl sites for hydroxylation is 1. The van der Waals surface area contributed by atoms with E-state index in [2.05, 4.69) is 41.8 Å². The van der Waals surface area contributed by atoms with E-state index >= 15 is 0 Å². The van der Waals surface area contributed by atoms with Gasteiger partial charge in [-0.15, -0.1) is 0 Å². The zero-order chi connectivity index (χ0) is 23.6. The molecule has 0 bridgehead atoms. The third-order valence-electron chi connectivity index (χ3n) is 6.40. The number of hydrogen-bond donors (Lipinski definition) is 2. The number of pyridine rings is 1. The molecule has 2 N–H and O–H groups in total. The number of nitrogens with zero attached hydrogens (tertiary/aromatic N) is 7. The van der Waals surface area contributed by atoms with Crippen molar-refractivity contribution >= 4 is 32.7 Å². The Labute approximate surface area is 196 Å². The second-order valence-electron chi connectivity index (χ2n) is 9.03. The average Bonchev–Trinajstić information content (AvgIpc) is 3.70. The molecule has 0 saturated heterocycles. The monoisotopic (exact) mass is 480 g/mol. The van der Waals surface area contributed by atoms with Crippen LogP contribution in [0, 0.1) is 12.8 Å². The maximum Gasteiger partial charge on any atom is 0.256 e. The first-order chi connectivity index (χ1) is 16.3. The Morgan fingerprint density at radius 3 is 2.71 bits per heavy atom. The molecule has 0 spiro atoms. The molecule has 12 heteroatoms. The number of imidazole rings is 1. The van der Waals surface area contributed by atoms with Crippen molar-refractivity contribution in [2.24, 2.45) is 5.92 Å². The van der Waals surface area contributed by atoms with Gasteiger partial charge in [0, 0.05) is 18.3 Å². The molecule has 4 aromatic rings. The third kappa shape index (κ3) is 3.53. The quantitative estimate of drug-likeness (QED) is 0.408. The van der Waals surface area contributed by atoms with E-state index < -0.39 is 10.0 Å². The smallest absolute Gasteiger partial charge is 0.256 e. The fourth-order valence-corrected chi connectivity index (χ4v) is 5.75. The molecular formula is C22H24N8O3S. The van der Waals surface area contributed by atoms with Crippen molar-refractivity contribution in [2.75, 3.05) is 5.32 Å².